The van der Waals surface area contributed by atoms with Gasteiger partial charge in [0.05, 0.1) is 6.54 Å². The van der Waals surface area contributed by atoms with Gasteiger partial charge in [0.1, 0.15) is 12.4 Å². The maximum absolute atomic E-state index is 13.6. The van der Waals surface area contributed by atoms with E-state index in [1.807, 2.05) is 48.4 Å². The second-order valence-corrected chi connectivity index (χ2v) is 8.60. The number of halogens is 1. The normalized spacial score (nSPS) is 13.0. The molecule has 1 aromatic heterocycles. The molecule has 1 fully saturated rings. The summed E-state index contributed by atoms with van der Waals surface area (Å²) in [5.41, 5.74) is 2.54. The van der Waals surface area contributed by atoms with Crippen molar-refractivity contribution in [2.24, 2.45) is 0 Å². The summed E-state index contributed by atoms with van der Waals surface area (Å²) in [6.07, 6.45) is 4.72. The van der Waals surface area contributed by atoms with Crippen LogP contribution in [0.2, 0.25) is 0 Å². The van der Waals surface area contributed by atoms with Gasteiger partial charge in [0.15, 0.2) is 0 Å². The molecule has 1 aliphatic rings. The zero-order valence-electron chi connectivity index (χ0n) is 19.0. The predicted octanol–water partition coefficient (Wildman–Crippen LogP) is 4.72. The zero-order chi connectivity index (χ0) is 23.2. The lowest BCUT2D eigenvalue weighted by molar-refractivity contribution is -0.133. The molecule has 0 radical (unpaired) electrons. The molecule has 2 aromatic carbocycles. The lowest BCUT2D eigenvalue weighted by Gasteiger charge is -2.28. The Morgan fingerprint density at radius 1 is 1.03 bits per heavy atom. The summed E-state index contributed by atoms with van der Waals surface area (Å²) < 4.78 is 15.8. The SMILES string of the molecule is CCCN(CC(=O)N(Cc1cccn1Cc1ccccc1)C1CC1)C(=O)c1cccc(F)c1. The second-order valence-electron chi connectivity index (χ2n) is 8.60. The van der Waals surface area contributed by atoms with E-state index >= 15 is 0 Å². The minimum absolute atomic E-state index is 0.000912. The largest absolute Gasteiger partial charge is 0.345 e. The second kappa shape index (κ2) is 10.5. The number of rotatable bonds is 10. The Morgan fingerprint density at radius 3 is 2.52 bits per heavy atom. The fraction of sp³-hybridized carbons (Fsp3) is 0.333. The molecule has 0 bridgehead atoms. The van der Waals surface area contributed by atoms with Crippen molar-refractivity contribution in [3.05, 3.63) is 95.6 Å². The van der Waals surface area contributed by atoms with Crippen molar-refractivity contribution in [1.29, 1.82) is 0 Å². The average molecular weight is 448 g/mol. The van der Waals surface area contributed by atoms with Gasteiger partial charge in [-0.15, -0.1) is 0 Å². The van der Waals surface area contributed by atoms with Crippen molar-refractivity contribution < 1.29 is 14.0 Å². The summed E-state index contributed by atoms with van der Waals surface area (Å²) in [6.45, 7) is 3.67. The van der Waals surface area contributed by atoms with Gasteiger partial charge in [0.25, 0.3) is 5.91 Å². The number of benzene rings is 2. The summed E-state index contributed by atoms with van der Waals surface area (Å²) >= 11 is 0. The van der Waals surface area contributed by atoms with Crippen LogP contribution in [-0.2, 0) is 17.9 Å². The molecular formula is C27H30FN3O2. The van der Waals surface area contributed by atoms with Crippen LogP contribution in [0, 0.1) is 5.82 Å². The number of amides is 2. The van der Waals surface area contributed by atoms with E-state index in [0.717, 1.165) is 31.5 Å². The number of hydrogen-bond acceptors (Lipinski definition) is 2. The summed E-state index contributed by atoms with van der Waals surface area (Å²) in [5.74, 6) is -0.835. The highest BCUT2D eigenvalue weighted by Crippen LogP contribution is 2.29. The lowest BCUT2D eigenvalue weighted by Crippen LogP contribution is -2.44. The van der Waals surface area contributed by atoms with Gasteiger partial charge in [-0.3, -0.25) is 9.59 Å². The van der Waals surface area contributed by atoms with E-state index in [1.165, 1.54) is 28.7 Å². The molecule has 1 aliphatic carbocycles. The van der Waals surface area contributed by atoms with Crippen LogP contribution in [0.4, 0.5) is 4.39 Å². The van der Waals surface area contributed by atoms with Gasteiger partial charge in [-0.2, -0.15) is 0 Å². The van der Waals surface area contributed by atoms with Crippen LogP contribution >= 0.6 is 0 Å². The van der Waals surface area contributed by atoms with Crippen molar-refractivity contribution in [3.63, 3.8) is 0 Å². The Balaban J connectivity index is 1.47. The van der Waals surface area contributed by atoms with Crippen LogP contribution in [0.1, 0.15) is 47.8 Å². The molecule has 3 aromatic rings. The first-order valence-electron chi connectivity index (χ1n) is 11.6. The summed E-state index contributed by atoms with van der Waals surface area (Å²) in [5, 5.41) is 0. The molecule has 4 rings (SSSR count). The van der Waals surface area contributed by atoms with E-state index in [1.54, 1.807) is 6.07 Å². The van der Waals surface area contributed by atoms with Gasteiger partial charge < -0.3 is 14.4 Å². The number of carbonyl (C=O) groups excluding carboxylic acids is 2. The van der Waals surface area contributed by atoms with E-state index < -0.39 is 5.82 Å². The highest BCUT2D eigenvalue weighted by atomic mass is 19.1. The molecule has 1 saturated carbocycles. The molecule has 0 saturated heterocycles. The fourth-order valence-corrected chi connectivity index (χ4v) is 4.09. The van der Waals surface area contributed by atoms with Gasteiger partial charge in [-0.1, -0.05) is 43.3 Å². The fourth-order valence-electron chi connectivity index (χ4n) is 4.09. The Bertz CT molecular complexity index is 1090. The molecule has 0 N–H and O–H groups in total. The molecule has 6 heteroatoms. The molecular weight excluding hydrogens is 417 g/mol. The minimum atomic E-state index is -0.456. The summed E-state index contributed by atoms with van der Waals surface area (Å²) in [6, 6.07) is 20.1. The first kappa shape index (κ1) is 22.8. The number of nitrogens with zero attached hydrogens (tertiary/aromatic N) is 3. The third-order valence-corrected chi connectivity index (χ3v) is 5.94. The number of hydrogen-bond donors (Lipinski definition) is 0. The van der Waals surface area contributed by atoms with Gasteiger partial charge in [-0.05, 0) is 55.2 Å². The first-order valence-corrected chi connectivity index (χ1v) is 11.6. The van der Waals surface area contributed by atoms with Crippen molar-refractivity contribution in [1.82, 2.24) is 14.4 Å². The molecule has 0 aliphatic heterocycles. The summed E-state index contributed by atoms with van der Waals surface area (Å²) in [7, 11) is 0. The molecule has 33 heavy (non-hydrogen) atoms. The van der Waals surface area contributed by atoms with Crippen LogP contribution in [0.25, 0.3) is 0 Å². The maximum Gasteiger partial charge on any atom is 0.254 e. The van der Waals surface area contributed by atoms with Crippen LogP contribution in [0.15, 0.2) is 72.9 Å². The standard InChI is InChI=1S/C27H30FN3O2/c1-2-15-30(27(33)22-10-6-11-23(28)17-22)20-26(32)31(24-13-14-24)19-25-12-7-16-29(25)18-21-8-4-3-5-9-21/h3-12,16-17,24H,2,13-15,18-20H2,1H3. The van der Waals surface area contributed by atoms with E-state index in [-0.39, 0.29) is 30.0 Å². The van der Waals surface area contributed by atoms with Crippen LogP contribution in [-0.4, -0.2) is 45.3 Å². The van der Waals surface area contributed by atoms with Crippen LogP contribution < -0.4 is 0 Å². The van der Waals surface area contributed by atoms with Crippen molar-refractivity contribution in [2.45, 2.75) is 45.3 Å². The average Bonchev–Trinajstić information content (AvgIpc) is 3.57. The summed E-state index contributed by atoms with van der Waals surface area (Å²) in [4.78, 5) is 29.8. The highest BCUT2D eigenvalue weighted by Gasteiger charge is 2.34. The zero-order valence-corrected chi connectivity index (χ0v) is 19.0. The van der Waals surface area contributed by atoms with Crippen LogP contribution in [0.3, 0.4) is 0 Å². The number of carbonyl (C=O) groups is 2. The van der Waals surface area contributed by atoms with Crippen LogP contribution in [0.5, 0.6) is 0 Å². The molecule has 0 spiro atoms. The molecule has 172 valence electrons. The smallest absolute Gasteiger partial charge is 0.254 e. The van der Waals surface area contributed by atoms with Gasteiger partial charge in [0.2, 0.25) is 5.91 Å². The molecule has 1 heterocycles. The van der Waals surface area contributed by atoms with Crippen molar-refractivity contribution in [2.75, 3.05) is 13.1 Å². The third-order valence-electron chi connectivity index (χ3n) is 5.94. The number of aromatic nitrogens is 1. The van der Waals surface area contributed by atoms with E-state index in [9.17, 15) is 14.0 Å². The molecule has 0 atom stereocenters. The van der Waals surface area contributed by atoms with E-state index in [4.69, 9.17) is 0 Å². The minimum Gasteiger partial charge on any atom is -0.345 e. The first-order chi connectivity index (χ1) is 16.0. The molecule has 2 amide bonds. The Morgan fingerprint density at radius 2 is 1.82 bits per heavy atom. The van der Waals surface area contributed by atoms with Crippen molar-refractivity contribution >= 4 is 11.8 Å². The van der Waals surface area contributed by atoms with E-state index in [2.05, 4.69) is 16.7 Å². The predicted molar refractivity (Wildman–Crippen MR) is 126 cm³/mol. The topological polar surface area (TPSA) is 45.6 Å². The molecule has 5 nitrogen and oxygen atoms in total. The molecule has 0 unspecified atom stereocenters. The third kappa shape index (κ3) is 5.89. The lowest BCUT2D eigenvalue weighted by atomic mass is 10.2. The van der Waals surface area contributed by atoms with Gasteiger partial charge >= 0.3 is 0 Å². The monoisotopic (exact) mass is 447 g/mol. The maximum atomic E-state index is 13.6. The highest BCUT2D eigenvalue weighted by molar-refractivity contribution is 5.96. The quantitative estimate of drug-likeness (QED) is 0.452. The Labute approximate surface area is 194 Å². The Kier molecular flexibility index (Phi) is 7.23. The van der Waals surface area contributed by atoms with E-state index in [0.29, 0.717) is 13.1 Å². The Hall–Kier alpha value is -3.41. The van der Waals surface area contributed by atoms with Crippen molar-refractivity contribution in [3.8, 4) is 0 Å². The van der Waals surface area contributed by atoms with Gasteiger partial charge in [0, 0.05) is 36.6 Å². The van der Waals surface area contributed by atoms with Gasteiger partial charge in [-0.25, -0.2) is 4.39 Å².